The summed E-state index contributed by atoms with van der Waals surface area (Å²) in [6, 6.07) is 5.38. The Bertz CT molecular complexity index is 373. The topological polar surface area (TPSA) is 41.1 Å². The van der Waals surface area contributed by atoms with Gasteiger partial charge in [0, 0.05) is 6.54 Å². The van der Waals surface area contributed by atoms with Crippen LogP contribution < -0.4 is 10.6 Å². The Morgan fingerprint density at radius 3 is 2.76 bits per heavy atom. The fourth-order valence-corrected chi connectivity index (χ4v) is 1.77. The Morgan fingerprint density at radius 2 is 2.18 bits per heavy atom. The standard InChI is InChI=1S/C13H19ClN2O/c1-4-8-15-13(17)10(3)16-12-9(2)6-5-7-11(12)14/h5-7,10,16H,4,8H2,1-3H3,(H,15,17). The molecule has 4 heteroatoms. The van der Waals surface area contributed by atoms with Crippen molar-refractivity contribution < 1.29 is 4.79 Å². The maximum absolute atomic E-state index is 11.7. The number of hydrogen-bond donors (Lipinski definition) is 2. The molecule has 3 nitrogen and oxygen atoms in total. The van der Waals surface area contributed by atoms with Crippen LogP contribution in [0.5, 0.6) is 0 Å². The van der Waals surface area contributed by atoms with Crippen molar-refractivity contribution in [1.29, 1.82) is 0 Å². The van der Waals surface area contributed by atoms with E-state index < -0.39 is 0 Å². The van der Waals surface area contributed by atoms with Gasteiger partial charge in [-0.05, 0) is 31.9 Å². The second-order valence-corrected chi connectivity index (χ2v) is 4.50. The van der Waals surface area contributed by atoms with Gasteiger partial charge in [0.25, 0.3) is 0 Å². The van der Waals surface area contributed by atoms with E-state index in [2.05, 4.69) is 10.6 Å². The van der Waals surface area contributed by atoms with Crippen LogP contribution >= 0.6 is 11.6 Å². The third-order valence-corrected chi connectivity index (χ3v) is 2.84. The molecule has 0 heterocycles. The van der Waals surface area contributed by atoms with Gasteiger partial charge in [0.2, 0.25) is 5.91 Å². The minimum Gasteiger partial charge on any atom is -0.372 e. The van der Waals surface area contributed by atoms with Gasteiger partial charge < -0.3 is 10.6 Å². The molecule has 1 aromatic carbocycles. The van der Waals surface area contributed by atoms with Crippen molar-refractivity contribution in [2.75, 3.05) is 11.9 Å². The first-order valence-corrected chi connectivity index (χ1v) is 6.23. The molecule has 0 aliphatic heterocycles. The molecule has 0 spiro atoms. The number of benzene rings is 1. The van der Waals surface area contributed by atoms with Crippen molar-refractivity contribution in [3.8, 4) is 0 Å². The average molecular weight is 255 g/mol. The first kappa shape index (κ1) is 13.8. The Labute approximate surface area is 108 Å². The Balaban J connectivity index is 2.67. The molecule has 1 aromatic rings. The van der Waals surface area contributed by atoms with Gasteiger partial charge in [-0.2, -0.15) is 0 Å². The summed E-state index contributed by atoms with van der Waals surface area (Å²) in [6.45, 7) is 6.52. The molecule has 94 valence electrons. The summed E-state index contributed by atoms with van der Waals surface area (Å²) in [7, 11) is 0. The lowest BCUT2D eigenvalue weighted by molar-refractivity contribution is -0.121. The highest BCUT2D eigenvalue weighted by Crippen LogP contribution is 2.25. The van der Waals surface area contributed by atoms with Crippen LogP contribution in [0.4, 0.5) is 5.69 Å². The van der Waals surface area contributed by atoms with Crippen LogP contribution in [0, 0.1) is 6.92 Å². The van der Waals surface area contributed by atoms with Gasteiger partial charge >= 0.3 is 0 Å². The van der Waals surface area contributed by atoms with Crippen molar-refractivity contribution in [3.05, 3.63) is 28.8 Å². The third kappa shape index (κ3) is 3.93. The number of amides is 1. The fourth-order valence-electron chi connectivity index (χ4n) is 1.50. The Kier molecular flexibility index (Phi) is 5.29. The van der Waals surface area contributed by atoms with Gasteiger partial charge in [-0.3, -0.25) is 4.79 Å². The van der Waals surface area contributed by atoms with E-state index in [4.69, 9.17) is 11.6 Å². The van der Waals surface area contributed by atoms with Crippen molar-refractivity contribution in [2.24, 2.45) is 0 Å². The monoisotopic (exact) mass is 254 g/mol. The summed E-state index contributed by atoms with van der Waals surface area (Å²) < 4.78 is 0. The fraction of sp³-hybridized carbons (Fsp3) is 0.462. The number of carbonyl (C=O) groups is 1. The lowest BCUT2D eigenvalue weighted by Crippen LogP contribution is -2.38. The van der Waals surface area contributed by atoms with Crippen LogP contribution in [0.25, 0.3) is 0 Å². The van der Waals surface area contributed by atoms with Gasteiger partial charge in [-0.1, -0.05) is 30.7 Å². The summed E-state index contributed by atoms with van der Waals surface area (Å²) in [5.74, 6) is -0.00818. The van der Waals surface area contributed by atoms with E-state index >= 15 is 0 Å². The van der Waals surface area contributed by atoms with Crippen LogP contribution in [-0.2, 0) is 4.79 Å². The summed E-state index contributed by atoms with van der Waals surface area (Å²) in [5, 5.41) is 6.63. The molecular formula is C13H19ClN2O. The zero-order valence-electron chi connectivity index (χ0n) is 10.5. The molecule has 1 atom stereocenters. The second-order valence-electron chi connectivity index (χ2n) is 4.09. The second kappa shape index (κ2) is 6.50. The number of halogens is 1. The Hall–Kier alpha value is -1.22. The van der Waals surface area contributed by atoms with E-state index in [-0.39, 0.29) is 11.9 Å². The van der Waals surface area contributed by atoms with Crippen molar-refractivity contribution >= 4 is 23.2 Å². The molecule has 0 saturated heterocycles. The predicted molar refractivity (Wildman–Crippen MR) is 72.6 cm³/mol. The highest BCUT2D eigenvalue weighted by atomic mass is 35.5. The Morgan fingerprint density at radius 1 is 1.47 bits per heavy atom. The maximum atomic E-state index is 11.7. The molecule has 1 unspecified atom stereocenters. The van der Waals surface area contributed by atoms with Crippen molar-refractivity contribution in [2.45, 2.75) is 33.2 Å². The van der Waals surface area contributed by atoms with E-state index in [0.29, 0.717) is 11.6 Å². The van der Waals surface area contributed by atoms with E-state index in [1.165, 1.54) is 0 Å². The molecule has 0 aliphatic rings. The number of anilines is 1. The molecule has 0 saturated carbocycles. The molecule has 17 heavy (non-hydrogen) atoms. The number of aryl methyl sites for hydroxylation is 1. The van der Waals surface area contributed by atoms with Crippen LogP contribution in [0.2, 0.25) is 5.02 Å². The van der Waals surface area contributed by atoms with Crippen LogP contribution in [0.15, 0.2) is 18.2 Å². The molecule has 0 radical (unpaired) electrons. The lowest BCUT2D eigenvalue weighted by atomic mass is 10.2. The highest BCUT2D eigenvalue weighted by molar-refractivity contribution is 6.33. The maximum Gasteiger partial charge on any atom is 0.242 e. The largest absolute Gasteiger partial charge is 0.372 e. The minimum atomic E-state index is -0.292. The number of carbonyl (C=O) groups excluding carboxylic acids is 1. The summed E-state index contributed by atoms with van der Waals surface area (Å²) >= 11 is 6.09. The lowest BCUT2D eigenvalue weighted by Gasteiger charge is -2.17. The average Bonchev–Trinajstić information content (AvgIpc) is 2.30. The minimum absolute atomic E-state index is 0.00818. The van der Waals surface area contributed by atoms with Gasteiger partial charge in [0.15, 0.2) is 0 Å². The van der Waals surface area contributed by atoms with E-state index in [1.807, 2.05) is 39.0 Å². The van der Waals surface area contributed by atoms with Crippen molar-refractivity contribution in [1.82, 2.24) is 5.32 Å². The van der Waals surface area contributed by atoms with Gasteiger partial charge in [-0.25, -0.2) is 0 Å². The molecule has 2 N–H and O–H groups in total. The summed E-state index contributed by atoms with van der Waals surface area (Å²) in [6.07, 6.45) is 0.934. The smallest absolute Gasteiger partial charge is 0.242 e. The normalized spacial score (nSPS) is 12.0. The van der Waals surface area contributed by atoms with Gasteiger partial charge in [0.05, 0.1) is 10.7 Å². The quantitative estimate of drug-likeness (QED) is 0.848. The van der Waals surface area contributed by atoms with Crippen molar-refractivity contribution in [3.63, 3.8) is 0 Å². The first-order chi connectivity index (χ1) is 8.06. The zero-order chi connectivity index (χ0) is 12.8. The molecule has 0 fully saturated rings. The highest BCUT2D eigenvalue weighted by Gasteiger charge is 2.14. The predicted octanol–water partition coefficient (Wildman–Crippen LogP) is 2.98. The number of hydrogen-bond acceptors (Lipinski definition) is 2. The third-order valence-electron chi connectivity index (χ3n) is 2.53. The summed E-state index contributed by atoms with van der Waals surface area (Å²) in [5.41, 5.74) is 1.86. The molecule has 0 aromatic heterocycles. The van der Waals surface area contributed by atoms with Crippen LogP contribution in [0.3, 0.4) is 0 Å². The molecule has 1 rings (SSSR count). The molecule has 0 aliphatic carbocycles. The molecule has 1 amide bonds. The van der Waals surface area contributed by atoms with E-state index in [9.17, 15) is 4.79 Å². The van der Waals surface area contributed by atoms with Crippen LogP contribution in [0.1, 0.15) is 25.8 Å². The zero-order valence-corrected chi connectivity index (χ0v) is 11.3. The SMILES string of the molecule is CCCNC(=O)C(C)Nc1c(C)cccc1Cl. The van der Waals surface area contributed by atoms with E-state index in [0.717, 1.165) is 17.7 Å². The summed E-state index contributed by atoms with van der Waals surface area (Å²) in [4.78, 5) is 11.7. The van der Waals surface area contributed by atoms with Gasteiger partial charge in [0.1, 0.15) is 6.04 Å². The number of rotatable bonds is 5. The molecular weight excluding hydrogens is 236 g/mol. The van der Waals surface area contributed by atoms with E-state index in [1.54, 1.807) is 0 Å². The first-order valence-electron chi connectivity index (χ1n) is 5.85. The van der Waals surface area contributed by atoms with Gasteiger partial charge in [-0.15, -0.1) is 0 Å². The number of nitrogens with one attached hydrogen (secondary N) is 2. The van der Waals surface area contributed by atoms with Crippen LogP contribution in [-0.4, -0.2) is 18.5 Å². The molecule has 0 bridgehead atoms. The number of para-hydroxylation sites is 1.